The molecule has 0 atom stereocenters. The van der Waals surface area contributed by atoms with Crippen LogP contribution < -0.4 is 10.7 Å². The Hall–Kier alpha value is -3.28. The fraction of sp³-hybridized carbons (Fsp3) is 0.344. The van der Waals surface area contributed by atoms with E-state index >= 15 is 0 Å². The molecule has 41 heavy (non-hydrogen) atoms. The third-order valence-electron chi connectivity index (χ3n) is 7.81. The molecule has 2 heterocycles. The molecule has 0 spiro atoms. The molecule has 2 amide bonds. The highest BCUT2D eigenvalue weighted by molar-refractivity contribution is 14.1. The molecule has 5 rings (SSSR count). The van der Waals surface area contributed by atoms with E-state index in [0.29, 0.717) is 22.9 Å². The molecule has 2 aliphatic heterocycles. The normalized spacial score (nSPS) is 17.0. The smallest absolute Gasteiger partial charge is 0.273 e. The molecule has 0 radical (unpaired) electrons. The number of amides is 2. The number of rotatable bonds is 8. The van der Waals surface area contributed by atoms with E-state index in [1.165, 1.54) is 51.4 Å². The molecule has 3 N–H and O–H groups in total. The lowest BCUT2D eigenvalue weighted by molar-refractivity contribution is 0.0896. The monoisotopic (exact) mass is 665 g/mol. The van der Waals surface area contributed by atoms with Crippen molar-refractivity contribution in [1.82, 2.24) is 15.2 Å². The second kappa shape index (κ2) is 14.1. The molecule has 0 saturated carbocycles. The summed E-state index contributed by atoms with van der Waals surface area (Å²) >= 11 is 2.13. The van der Waals surface area contributed by atoms with Crippen LogP contribution in [0.5, 0.6) is 5.75 Å². The number of nitrogens with one attached hydrogen (secondary N) is 2. The first-order valence-electron chi connectivity index (χ1n) is 14.2. The third kappa shape index (κ3) is 8.15. The molecule has 2 aliphatic rings. The first-order valence-corrected chi connectivity index (χ1v) is 15.3. The van der Waals surface area contributed by atoms with E-state index in [1.54, 1.807) is 42.5 Å². The van der Waals surface area contributed by atoms with Crippen molar-refractivity contribution in [2.75, 3.05) is 31.5 Å². The summed E-state index contributed by atoms with van der Waals surface area (Å²) < 4.78 is 0.860. The topological polar surface area (TPSA) is 97.3 Å². The minimum Gasteiger partial charge on any atom is -0.508 e. The molecule has 3 aromatic carbocycles. The Morgan fingerprint density at radius 2 is 1.68 bits per heavy atom. The largest absolute Gasteiger partial charge is 0.508 e. The number of nitrogens with zero attached hydrogens (tertiary/aromatic N) is 3. The van der Waals surface area contributed by atoms with E-state index < -0.39 is 5.91 Å². The van der Waals surface area contributed by atoms with Gasteiger partial charge in [0, 0.05) is 21.7 Å². The van der Waals surface area contributed by atoms with Crippen LogP contribution in [0.2, 0.25) is 0 Å². The number of benzene rings is 3. The molecule has 9 heteroatoms. The van der Waals surface area contributed by atoms with Crippen LogP contribution in [0.1, 0.15) is 63.9 Å². The highest BCUT2D eigenvalue weighted by atomic mass is 127. The van der Waals surface area contributed by atoms with Crippen LogP contribution in [0, 0.1) is 3.57 Å². The number of likely N-dealkylation sites (tertiary alicyclic amines) is 2. The van der Waals surface area contributed by atoms with Gasteiger partial charge in [0.15, 0.2) is 0 Å². The zero-order valence-corrected chi connectivity index (χ0v) is 25.2. The summed E-state index contributed by atoms with van der Waals surface area (Å²) in [5, 5.41) is 16.4. The average Bonchev–Trinajstić information content (AvgIpc) is 3.00. The first-order chi connectivity index (χ1) is 19.9. The Morgan fingerprint density at radius 1 is 0.927 bits per heavy atom. The van der Waals surface area contributed by atoms with E-state index in [4.69, 9.17) is 0 Å². The number of anilines is 1. The molecule has 8 nitrogen and oxygen atoms in total. The molecule has 0 unspecified atom stereocenters. The molecule has 0 aliphatic carbocycles. The quantitative estimate of drug-likeness (QED) is 0.169. The number of hydrazone groups is 1. The van der Waals surface area contributed by atoms with Crippen molar-refractivity contribution >= 4 is 46.3 Å². The molecule has 3 aromatic rings. The minimum absolute atomic E-state index is 0.156. The fourth-order valence-corrected chi connectivity index (χ4v) is 6.08. The maximum absolute atomic E-state index is 13.2. The number of halogens is 1. The van der Waals surface area contributed by atoms with Crippen LogP contribution in [0.4, 0.5) is 5.69 Å². The first kappa shape index (κ1) is 29.2. The number of hydrogen-bond acceptors (Lipinski definition) is 6. The SMILES string of the molecule is O=C(Nc1ccc(I)cc1C(=O)NN=Cc1ccc(O)cc1)c1cccc(CN2CCC(N3CCCCC3)CC2)c1. The predicted molar refractivity (Wildman–Crippen MR) is 170 cm³/mol. The summed E-state index contributed by atoms with van der Waals surface area (Å²) in [4.78, 5) is 31.4. The zero-order valence-electron chi connectivity index (χ0n) is 23.1. The molecule has 214 valence electrons. The van der Waals surface area contributed by atoms with Crippen molar-refractivity contribution in [3.05, 3.63) is 92.6 Å². The van der Waals surface area contributed by atoms with Gasteiger partial charge in [0.05, 0.1) is 17.5 Å². The van der Waals surface area contributed by atoms with E-state index in [0.717, 1.165) is 34.3 Å². The Morgan fingerprint density at radius 3 is 2.44 bits per heavy atom. The van der Waals surface area contributed by atoms with Crippen LogP contribution in [0.25, 0.3) is 0 Å². The van der Waals surface area contributed by atoms with E-state index in [1.807, 2.05) is 18.2 Å². The standard InChI is InChI=1S/C32H36IN5O3/c33-26-9-12-30(29(20-26)32(41)36-34-21-23-7-10-28(39)11-8-23)35-31(40)25-6-4-5-24(19-25)22-37-17-13-27(14-18-37)38-15-2-1-3-16-38/h4-12,19-21,27,39H,1-3,13-18,22H2,(H,35,40)(H,36,41). The molecule has 0 bridgehead atoms. The van der Waals surface area contributed by atoms with Gasteiger partial charge in [-0.05, 0) is 140 Å². The molecular formula is C32H36IN5O3. The van der Waals surface area contributed by atoms with Crippen molar-refractivity contribution < 1.29 is 14.7 Å². The van der Waals surface area contributed by atoms with Gasteiger partial charge >= 0.3 is 0 Å². The van der Waals surface area contributed by atoms with E-state index in [2.05, 4.69) is 54.3 Å². The second-order valence-electron chi connectivity index (χ2n) is 10.7. The third-order valence-corrected chi connectivity index (χ3v) is 8.48. The lowest BCUT2D eigenvalue weighted by atomic mass is 9.99. The Labute approximate surface area is 255 Å². The fourth-order valence-electron chi connectivity index (χ4n) is 5.59. The molecule has 0 aromatic heterocycles. The number of carbonyl (C=O) groups excluding carboxylic acids is 2. The number of piperidine rings is 2. The minimum atomic E-state index is -0.435. The Bertz CT molecular complexity index is 1380. The van der Waals surface area contributed by atoms with E-state index in [-0.39, 0.29) is 11.7 Å². The van der Waals surface area contributed by atoms with Gasteiger partial charge in [0.25, 0.3) is 11.8 Å². The number of hydrogen-bond donors (Lipinski definition) is 3. The van der Waals surface area contributed by atoms with Gasteiger partial charge in [-0.15, -0.1) is 0 Å². The molecular weight excluding hydrogens is 629 g/mol. The van der Waals surface area contributed by atoms with Crippen molar-refractivity contribution in [2.45, 2.75) is 44.7 Å². The van der Waals surface area contributed by atoms with Gasteiger partial charge in [-0.3, -0.25) is 14.5 Å². The number of carbonyl (C=O) groups is 2. The lowest BCUT2D eigenvalue weighted by Gasteiger charge is -2.40. The van der Waals surface area contributed by atoms with Gasteiger partial charge in [-0.25, -0.2) is 5.43 Å². The van der Waals surface area contributed by atoms with Gasteiger partial charge < -0.3 is 15.3 Å². The summed E-state index contributed by atoms with van der Waals surface area (Å²) in [6.07, 6.45) is 7.93. The highest BCUT2D eigenvalue weighted by Gasteiger charge is 2.25. The zero-order chi connectivity index (χ0) is 28.6. The van der Waals surface area contributed by atoms with Crippen molar-refractivity contribution in [3.63, 3.8) is 0 Å². The molecule has 2 fully saturated rings. The van der Waals surface area contributed by atoms with Crippen molar-refractivity contribution in [1.29, 1.82) is 0 Å². The summed E-state index contributed by atoms with van der Waals surface area (Å²) in [5.74, 6) is -0.544. The van der Waals surface area contributed by atoms with Crippen LogP contribution in [0.3, 0.4) is 0 Å². The lowest BCUT2D eigenvalue weighted by Crippen LogP contribution is -2.46. The Balaban J connectivity index is 1.19. The summed E-state index contributed by atoms with van der Waals surface area (Å²) in [7, 11) is 0. The average molecular weight is 666 g/mol. The Kier molecular flexibility index (Phi) is 10.0. The second-order valence-corrected chi connectivity index (χ2v) is 12.0. The number of phenolic OH excluding ortho intramolecular Hbond substituents is 1. The van der Waals surface area contributed by atoms with Crippen LogP contribution in [-0.2, 0) is 6.54 Å². The maximum atomic E-state index is 13.2. The summed E-state index contributed by atoms with van der Waals surface area (Å²) in [5.41, 5.74) is 5.65. The highest BCUT2D eigenvalue weighted by Crippen LogP contribution is 2.23. The van der Waals surface area contributed by atoms with E-state index in [9.17, 15) is 14.7 Å². The number of phenols is 1. The van der Waals surface area contributed by atoms with Crippen LogP contribution in [0.15, 0.2) is 71.8 Å². The molecule has 2 saturated heterocycles. The van der Waals surface area contributed by atoms with Gasteiger partial charge in [-0.2, -0.15) is 5.10 Å². The summed E-state index contributed by atoms with van der Waals surface area (Å²) in [6.45, 7) is 5.48. The van der Waals surface area contributed by atoms with Gasteiger partial charge in [0.1, 0.15) is 5.75 Å². The van der Waals surface area contributed by atoms with Crippen LogP contribution >= 0.6 is 22.6 Å². The van der Waals surface area contributed by atoms with Gasteiger partial charge in [0.2, 0.25) is 0 Å². The van der Waals surface area contributed by atoms with Crippen molar-refractivity contribution in [3.8, 4) is 5.75 Å². The van der Waals surface area contributed by atoms with Crippen molar-refractivity contribution in [2.24, 2.45) is 5.10 Å². The van der Waals surface area contributed by atoms with Gasteiger partial charge in [-0.1, -0.05) is 18.6 Å². The predicted octanol–water partition coefficient (Wildman–Crippen LogP) is 5.46. The summed E-state index contributed by atoms with van der Waals surface area (Å²) in [6, 6.07) is 20.2. The number of aromatic hydroxyl groups is 1. The maximum Gasteiger partial charge on any atom is 0.273 e. The van der Waals surface area contributed by atoms with Crippen LogP contribution in [-0.4, -0.2) is 65.2 Å².